The zero-order chi connectivity index (χ0) is 48.6. The average molecular weight is 1090 g/mol. The summed E-state index contributed by atoms with van der Waals surface area (Å²) in [7, 11) is 4.14. The van der Waals surface area contributed by atoms with E-state index in [1.165, 1.54) is 50.1 Å². The summed E-state index contributed by atoms with van der Waals surface area (Å²) in [5.74, 6) is 3.65. The second kappa shape index (κ2) is 17.9. The number of halogens is 2. The zero-order valence-electron chi connectivity index (χ0n) is 39.2. The Bertz CT molecular complexity index is 3650. The Morgan fingerprint density at radius 3 is 1.45 bits per heavy atom. The summed E-state index contributed by atoms with van der Waals surface area (Å²) in [6.45, 7) is 4.00. The molecular formula is C62H45Br2NO4S2. The molecule has 3 aliphatic rings. The van der Waals surface area contributed by atoms with E-state index < -0.39 is 10.8 Å². The molecule has 0 bridgehead atoms. The fraction of sp³-hybridized carbons (Fsp3) is 0.0968. The van der Waals surface area contributed by atoms with Crippen LogP contribution < -0.4 is 22.2 Å². The van der Waals surface area contributed by atoms with Crippen molar-refractivity contribution >= 4 is 84.3 Å². The first-order valence-electron chi connectivity index (χ1n) is 23.6. The van der Waals surface area contributed by atoms with E-state index in [4.69, 9.17) is 17.3 Å². The van der Waals surface area contributed by atoms with Crippen LogP contribution in [0.15, 0.2) is 203 Å². The van der Waals surface area contributed by atoms with E-state index in [0.717, 1.165) is 76.7 Å². The number of ether oxygens (including phenoxy) is 1. The van der Waals surface area contributed by atoms with E-state index in [9.17, 15) is 0 Å². The van der Waals surface area contributed by atoms with Gasteiger partial charge in [0.25, 0.3) is 12.3 Å². The molecule has 5 nitrogen and oxygen atoms in total. The average Bonchev–Trinajstić information content (AvgIpc) is 3.86. The first-order chi connectivity index (χ1) is 34.8. The second-order valence-electron chi connectivity index (χ2n) is 18.0. The van der Waals surface area contributed by atoms with Gasteiger partial charge < -0.3 is 22.2 Å². The van der Waals surface area contributed by atoms with Crippen LogP contribution in [0.3, 0.4) is 0 Å². The molecule has 0 unspecified atom stereocenters. The van der Waals surface area contributed by atoms with Crippen LogP contribution in [0.4, 0.5) is 5.69 Å². The first-order valence-corrected chi connectivity index (χ1v) is 26.2. The molecular weight excluding hydrogens is 1050 g/mol. The molecule has 10 aromatic rings. The third-order valence-electron chi connectivity index (χ3n) is 14.4. The Balaban J connectivity index is 0.00000256. The lowest BCUT2D eigenvalue weighted by atomic mass is 9.65. The zero-order valence-corrected chi connectivity index (χ0v) is 44.0. The summed E-state index contributed by atoms with van der Waals surface area (Å²) in [5.41, 5.74) is 14.3. The Hall–Kier alpha value is -6.62. The number of nitrogens with zero attached hydrogens (tertiary/aromatic N) is 1. The molecule has 1 aliphatic heterocycles. The SMILES string of the molecule is CC.CN(C)c1ccc(C2(c3ccc(OSOc4ccc5c6c(ccc5c4)C4(c5ccccc5-c5ccccc54)c4ccc5cc(OS)ccc5c4O6)cc3)c3cc(Br)ccc3-c3ccc(Br)cc32)cc1. The van der Waals surface area contributed by atoms with Gasteiger partial charge in [-0.05, 0) is 151 Å². The van der Waals surface area contributed by atoms with Gasteiger partial charge in [0.15, 0.2) is 0 Å². The molecule has 348 valence electrons. The topological polar surface area (TPSA) is 40.2 Å². The van der Waals surface area contributed by atoms with Gasteiger partial charge in [-0.1, -0.05) is 155 Å². The van der Waals surface area contributed by atoms with Crippen molar-refractivity contribution in [3.05, 3.63) is 248 Å². The normalized spacial score (nSPS) is 13.7. The summed E-state index contributed by atoms with van der Waals surface area (Å²) in [5, 5.41) is 3.98. The van der Waals surface area contributed by atoms with Crippen LogP contribution >= 0.6 is 57.1 Å². The van der Waals surface area contributed by atoms with Crippen LogP contribution in [0.1, 0.15) is 58.4 Å². The highest BCUT2D eigenvalue weighted by atomic mass is 79.9. The highest BCUT2D eigenvalue weighted by Gasteiger charge is 2.52. The second-order valence-corrected chi connectivity index (χ2v) is 20.5. The quantitative estimate of drug-likeness (QED) is 0.121. The van der Waals surface area contributed by atoms with Gasteiger partial charge in [0.05, 0.1) is 10.8 Å². The van der Waals surface area contributed by atoms with Crippen LogP contribution in [0.2, 0.25) is 0 Å². The molecule has 1 spiro atoms. The molecule has 9 heteroatoms. The molecule has 2 aliphatic carbocycles. The lowest BCUT2D eigenvalue weighted by Gasteiger charge is -2.40. The minimum Gasteiger partial charge on any atom is -0.455 e. The summed E-state index contributed by atoms with van der Waals surface area (Å²) < 4.78 is 27.1. The summed E-state index contributed by atoms with van der Waals surface area (Å²) in [4.78, 5) is 2.13. The van der Waals surface area contributed by atoms with Crippen molar-refractivity contribution in [3.63, 3.8) is 0 Å². The fourth-order valence-electron chi connectivity index (χ4n) is 11.5. The van der Waals surface area contributed by atoms with E-state index in [1.807, 2.05) is 50.2 Å². The lowest BCUT2D eigenvalue weighted by molar-refractivity contribution is 0.447. The van der Waals surface area contributed by atoms with Gasteiger partial charge in [0.2, 0.25) is 0 Å². The van der Waals surface area contributed by atoms with E-state index in [-0.39, 0.29) is 0 Å². The Morgan fingerprint density at radius 1 is 0.451 bits per heavy atom. The van der Waals surface area contributed by atoms with Crippen molar-refractivity contribution in [1.29, 1.82) is 0 Å². The van der Waals surface area contributed by atoms with E-state index >= 15 is 0 Å². The molecule has 10 aromatic carbocycles. The van der Waals surface area contributed by atoms with Crippen LogP contribution in [-0.4, -0.2) is 14.1 Å². The highest BCUT2D eigenvalue weighted by molar-refractivity contribution is 9.10. The van der Waals surface area contributed by atoms with Crippen molar-refractivity contribution in [1.82, 2.24) is 0 Å². The van der Waals surface area contributed by atoms with Gasteiger partial charge in [0.1, 0.15) is 28.7 Å². The highest BCUT2D eigenvalue weighted by Crippen LogP contribution is 2.64. The molecule has 1 heterocycles. The summed E-state index contributed by atoms with van der Waals surface area (Å²) in [6.07, 6.45) is 0. The largest absolute Gasteiger partial charge is 0.455 e. The number of anilines is 1. The van der Waals surface area contributed by atoms with Crippen LogP contribution in [0.25, 0.3) is 43.8 Å². The number of fused-ring (bicyclic) bond motifs is 16. The smallest absolute Gasteiger partial charge is 0.293 e. The van der Waals surface area contributed by atoms with Crippen molar-refractivity contribution in [3.8, 4) is 51.0 Å². The minimum absolute atomic E-state index is 0.580. The predicted octanol–water partition coefficient (Wildman–Crippen LogP) is 17.7. The maximum Gasteiger partial charge on any atom is 0.293 e. The molecule has 0 radical (unpaired) electrons. The van der Waals surface area contributed by atoms with Crippen molar-refractivity contribution in [2.45, 2.75) is 24.7 Å². The Morgan fingerprint density at radius 2 is 0.915 bits per heavy atom. The lowest BCUT2D eigenvalue weighted by Crippen LogP contribution is -2.32. The molecule has 0 aromatic heterocycles. The molecule has 0 N–H and O–H groups in total. The Kier molecular flexibility index (Phi) is 11.5. The van der Waals surface area contributed by atoms with E-state index in [0.29, 0.717) is 17.2 Å². The predicted molar refractivity (Wildman–Crippen MR) is 302 cm³/mol. The number of thiol groups is 1. The molecule has 71 heavy (non-hydrogen) atoms. The standard InChI is InChI=1S/C60H39Br2NO4S2.C2H6/c1-63(2)41-19-13-37(14-20-41)59(55-33-39(61)17-25-49(55)50-26-18-40(62)34-56(50)59)38-15-21-42(22-16-38)66-69-67-44-24-28-46-36(32-44)12-30-54-58(46)64-57-45-27-23-43(65-68)31-35(45)11-29-53(57)60(54)51-9-5-3-7-47(51)48-8-4-6-10-52(48)60;1-2/h3-34,68H,1-2H3;1-2H3. The van der Waals surface area contributed by atoms with Gasteiger partial charge in [-0.2, -0.15) is 0 Å². The van der Waals surface area contributed by atoms with Gasteiger partial charge in [-0.25, -0.2) is 0 Å². The monoisotopic (exact) mass is 1090 g/mol. The fourth-order valence-corrected chi connectivity index (χ4v) is 12.7. The molecule has 0 amide bonds. The first kappa shape index (κ1) is 45.5. The number of benzene rings is 10. The molecule has 0 fully saturated rings. The van der Waals surface area contributed by atoms with Crippen molar-refractivity contribution in [2.75, 3.05) is 19.0 Å². The summed E-state index contributed by atoms with van der Waals surface area (Å²) >= 11 is 12.7. The van der Waals surface area contributed by atoms with Gasteiger partial charge >= 0.3 is 0 Å². The van der Waals surface area contributed by atoms with E-state index in [2.05, 4.69) is 221 Å². The number of rotatable bonds is 8. The minimum atomic E-state index is -0.611. The molecule has 13 rings (SSSR count). The van der Waals surface area contributed by atoms with Crippen LogP contribution in [0, 0.1) is 0 Å². The third-order valence-corrected chi connectivity index (χ3v) is 16.1. The number of hydrogen-bond donors (Lipinski definition) is 1. The maximum atomic E-state index is 7.18. The molecule has 0 saturated heterocycles. The van der Waals surface area contributed by atoms with Crippen LogP contribution in [0.5, 0.6) is 28.7 Å². The molecule has 0 atom stereocenters. The van der Waals surface area contributed by atoms with E-state index in [1.54, 1.807) is 0 Å². The van der Waals surface area contributed by atoms with Gasteiger partial charge in [-0.15, -0.1) is 0 Å². The third kappa shape index (κ3) is 6.95. The maximum absolute atomic E-state index is 7.18. The summed E-state index contributed by atoms with van der Waals surface area (Å²) in [6, 6.07) is 69.1. The van der Waals surface area contributed by atoms with Crippen molar-refractivity contribution < 1.29 is 17.3 Å². The molecule has 0 saturated carbocycles. The van der Waals surface area contributed by atoms with Gasteiger partial charge in [-0.3, -0.25) is 0 Å². The number of hydrogen-bond acceptors (Lipinski definition) is 7. The Labute approximate surface area is 440 Å². The van der Waals surface area contributed by atoms with Gasteiger partial charge in [0, 0.05) is 63.5 Å². The van der Waals surface area contributed by atoms with Crippen molar-refractivity contribution in [2.24, 2.45) is 0 Å². The van der Waals surface area contributed by atoms with Crippen LogP contribution in [-0.2, 0) is 10.8 Å².